The molecule has 45 heavy (non-hydrogen) atoms. The van der Waals surface area contributed by atoms with E-state index in [-0.39, 0.29) is 51.5 Å². The molecule has 0 spiro atoms. The van der Waals surface area contributed by atoms with E-state index in [1.807, 2.05) is 0 Å². The molecule has 5 aromatic rings. The number of anilines is 1. The monoisotopic (exact) mass is 632 g/mol. The van der Waals surface area contributed by atoms with E-state index >= 15 is 0 Å². The highest BCUT2D eigenvalue weighted by molar-refractivity contribution is 6.07. The first-order chi connectivity index (χ1) is 21.2. The number of nitrogens with one attached hydrogen (secondary N) is 2. The second kappa shape index (κ2) is 11.7. The molecule has 1 atom stereocenters. The second-order valence-electron chi connectivity index (χ2n) is 10.00. The number of hydrogen-bond acceptors (Lipinski definition) is 6. The number of aromatic amines is 1. The number of benzene rings is 2. The van der Waals surface area contributed by atoms with Crippen molar-refractivity contribution in [3.63, 3.8) is 0 Å². The van der Waals surface area contributed by atoms with Crippen LogP contribution >= 0.6 is 0 Å². The summed E-state index contributed by atoms with van der Waals surface area (Å²) in [5.74, 6) is -3.30. The van der Waals surface area contributed by atoms with Gasteiger partial charge >= 0.3 is 12.4 Å². The number of amides is 1. The number of fused-ring (bicyclic) bond motifs is 1. The molecule has 0 fully saturated rings. The van der Waals surface area contributed by atoms with Crippen LogP contribution in [0.3, 0.4) is 0 Å². The van der Waals surface area contributed by atoms with Crippen LogP contribution in [0.5, 0.6) is 5.75 Å². The summed E-state index contributed by atoms with van der Waals surface area (Å²) in [7, 11) is 1.34. The van der Waals surface area contributed by atoms with Crippen LogP contribution in [0.4, 0.5) is 36.6 Å². The second-order valence-corrected chi connectivity index (χ2v) is 10.00. The predicted molar refractivity (Wildman–Crippen MR) is 151 cm³/mol. The maximum atomic E-state index is 14.1. The van der Waals surface area contributed by atoms with E-state index in [2.05, 4.69) is 25.5 Å². The number of hydrogen-bond donors (Lipinski definition) is 3. The first-order valence-electron chi connectivity index (χ1n) is 13.2. The Morgan fingerprint density at radius 3 is 2.36 bits per heavy atom. The van der Waals surface area contributed by atoms with Crippen molar-refractivity contribution >= 4 is 22.6 Å². The maximum absolute atomic E-state index is 14.1. The number of alkyl halides is 6. The molecule has 1 unspecified atom stereocenters. The van der Waals surface area contributed by atoms with E-state index in [1.165, 1.54) is 13.2 Å². The summed E-state index contributed by atoms with van der Waals surface area (Å²) in [5, 5.41) is 9.34. The summed E-state index contributed by atoms with van der Waals surface area (Å²) >= 11 is 0. The molecule has 5 rings (SSSR count). The fraction of sp³-hybridized carbons (Fsp3) is 0.200. The number of carbonyl (C=O) groups excluding carboxylic acids is 1. The summed E-state index contributed by atoms with van der Waals surface area (Å²) < 4.78 is 100. The number of carbonyl (C=O) groups is 1. The van der Waals surface area contributed by atoms with Crippen LogP contribution in [-0.4, -0.2) is 39.4 Å². The Morgan fingerprint density at radius 2 is 1.76 bits per heavy atom. The lowest BCUT2D eigenvalue weighted by atomic mass is 9.94. The SMILES string of the molecule is COc1ccc(F)cc1C(=O)NCc1ccc(-c2nc(C(C)C(F)(F)F)c(-c3ccc(C(F)(F)F)cn3)c3[nH]nc(N)c23)cc1. The molecule has 4 N–H and O–H groups in total. The van der Waals surface area contributed by atoms with Crippen molar-refractivity contribution in [3.05, 3.63) is 89.0 Å². The number of ether oxygens (including phenoxy) is 1. The quantitative estimate of drug-likeness (QED) is 0.166. The van der Waals surface area contributed by atoms with Crippen molar-refractivity contribution in [1.82, 2.24) is 25.5 Å². The van der Waals surface area contributed by atoms with Gasteiger partial charge in [-0.25, -0.2) is 4.39 Å². The molecule has 1 amide bonds. The number of nitrogens with zero attached hydrogens (tertiary/aromatic N) is 3. The highest BCUT2D eigenvalue weighted by Gasteiger charge is 2.41. The summed E-state index contributed by atoms with van der Waals surface area (Å²) in [6.45, 7) is 0.898. The molecular formula is C30H23F7N6O2. The van der Waals surface area contributed by atoms with Gasteiger partial charge in [-0.15, -0.1) is 0 Å². The minimum Gasteiger partial charge on any atom is -0.496 e. The van der Waals surface area contributed by atoms with E-state index in [0.29, 0.717) is 23.4 Å². The van der Waals surface area contributed by atoms with Gasteiger partial charge in [0.15, 0.2) is 5.82 Å². The van der Waals surface area contributed by atoms with E-state index < -0.39 is 41.3 Å². The number of aromatic nitrogens is 4. The average molecular weight is 633 g/mol. The lowest BCUT2D eigenvalue weighted by Gasteiger charge is -2.20. The smallest absolute Gasteiger partial charge is 0.417 e. The molecule has 2 aromatic carbocycles. The lowest BCUT2D eigenvalue weighted by Crippen LogP contribution is -2.23. The minimum atomic E-state index is -4.77. The molecule has 3 aromatic heterocycles. The molecule has 0 aliphatic heterocycles. The molecule has 0 bridgehead atoms. The molecule has 0 saturated heterocycles. The number of pyridine rings is 2. The van der Waals surface area contributed by atoms with Crippen molar-refractivity contribution in [1.29, 1.82) is 0 Å². The number of methoxy groups -OCH3 is 1. The van der Waals surface area contributed by atoms with Crippen LogP contribution in [-0.2, 0) is 12.7 Å². The van der Waals surface area contributed by atoms with Gasteiger partial charge in [-0.2, -0.15) is 31.4 Å². The topological polar surface area (TPSA) is 119 Å². The van der Waals surface area contributed by atoms with Crippen LogP contribution < -0.4 is 15.8 Å². The maximum Gasteiger partial charge on any atom is 0.417 e. The van der Waals surface area contributed by atoms with Gasteiger partial charge in [-0.1, -0.05) is 24.3 Å². The Hall–Kier alpha value is -5.21. The Kier molecular flexibility index (Phi) is 8.12. The number of nitrogens with two attached hydrogens (primary N) is 1. The van der Waals surface area contributed by atoms with Gasteiger partial charge in [0.1, 0.15) is 11.6 Å². The molecule has 0 aliphatic rings. The fourth-order valence-corrected chi connectivity index (χ4v) is 4.70. The van der Waals surface area contributed by atoms with Gasteiger partial charge in [0.25, 0.3) is 5.91 Å². The standard InChI is InChI=1S/C30H23F7N6O2/c1-14(29(32,33)34)24-22(20-9-7-17(13-39-20)30(35,36)37)26-23(27(38)43-42-26)25(41-24)16-5-3-15(4-6-16)12-40-28(44)19-11-18(31)8-10-21(19)45-2/h3-11,13-14H,12H2,1-2H3,(H,40,44)(H3,38,42,43). The average Bonchev–Trinajstić information content (AvgIpc) is 3.39. The third-order valence-electron chi connectivity index (χ3n) is 7.10. The molecule has 0 radical (unpaired) electrons. The summed E-state index contributed by atoms with van der Waals surface area (Å²) in [4.78, 5) is 20.8. The fourth-order valence-electron chi connectivity index (χ4n) is 4.70. The highest BCUT2D eigenvalue weighted by atomic mass is 19.4. The normalized spacial score (nSPS) is 12.7. The lowest BCUT2D eigenvalue weighted by molar-refractivity contribution is -0.147. The predicted octanol–water partition coefficient (Wildman–Crippen LogP) is 7.03. The molecule has 0 aliphatic carbocycles. The third kappa shape index (κ3) is 6.23. The zero-order chi connectivity index (χ0) is 32.7. The number of rotatable bonds is 7. The van der Waals surface area contributed by atoms with Crippen molar-refractivity contribution in [2.24, 2.45) is 0 Å². The van der Waals surface area contributed by atoms with Gasteiger partial charge in [0.2, 0.25) is 0 Å². The number of H-pyrrole nitrogens is 1. The van der Waals surface area contributed by atoms with Crippen LogP contribution in [0.1, 0.15) is 40.0 Å². The first-order valence-corrected chi connectivity index (χ1v) is 13.2. The van der Waals surface area contributed by atoms with Crippen LogP contribution in [0.15, 0.2) is 60.8 Å². The molecule has 234 valence electrons. The van der Waals surface area contributed by atoms with E-state index in [4.69, 9.17) is 10.5 Å². The van der Waals surface area contributed by atoms with Crippen molar-refractivity contribution in [3.8, 4) is 28.3 Å². The van der Waals surface area contributed by atoms with Crippen LogP contribution in [0, 0.1) is 5.82 Å². The van der Waals surface area contributed by atoms with E-state index in [0.717, 1.165) is 25.1 Å². The molecule has 0 saturated carbocycles. The van der Waals surface area contributed by atoms with Gasteiger partial charge in [0, 0.05) is 23.9 Å². The van der Waals surface area contributed by atoms with Gasteiger partial charge in [-0.05, 0) is 42.8 Å². The molecular weight excluding hydrogens is 609 g/mol. The summed E-state index contributed by atoms with van der Waals surface area (Å²) in [6.07, 6.45) is -8.94. The summed E-state index contributed by atoms with van der Waals surface area (Å²) in [5.41, 5.74) is 5.12. The zero-order valence-electron chi connectivity index (χ0n) is 23.4. The van der Waals surface area contributed by atoms with Crippen LogP contribution in [0.2, 0.25) is 0 Å². The van der Waals surface area contributed by atoms with Crippen molar-refractivity contribution < 1.29 is 40.3 Å². The molecule has 15 heteroatoms. The third-order valence-corrected chi connectivity index (χ3v) is 7.10. The van der Waals surface area contributed by atoms with Gasteiger partial charge in [-0.3, -0.25) is 19.9 Å². The molecule has 8 nitrogen and oxygen atoms in total. The van der Waals surface area contributed by atoms with Gasteiger partial charge < -0.3 is 15.8 Å². The Balaban J connectivity index is 1.54. The molecule has 3 heterocycles. The van der Waals surface area contributed by atoms with Gasteiger partial charge in [0.05, 0.1) is 52.1 Å². The number of halogens is 7. The van der Waals surface area contributed by atoms with E-state index in [9.17, 15) is 35.5 Å². The van der Waals surface area contributed by atoms with Crippen molar-refractivity contribution in [2.75, 3.05) is 12.8 Å². The number of nitrogen functional groups attached to an aromatic ring is 1. The highest BCUT2D eigenvalue weighted by Crippen LogP contribution is 2.44. The Bertz CT molecular complexity index is 1870. The van der Waals surface area contributed by atoms with E-state index in [1.54, 1.807) is 24.3 Å². The largest absolute Gasteiger partial charge is 0.496 e. The van der Waals surface area contributed by atoms with Crippen molar-refractivity contribution in [2.45, 2.75) is 31.7 Å². The summed E-state index contributed by atoms with van der Waals surface area (Å²) in [6, 6.07) is 11.5. The first kappa shape index (κ1) is 31.2. The Labute approximate surface area is 250 Å². The minimum absolute atomic E-state index is 0.00918. The Morgan fingerprint density at radius 1 is 1.04 bits per heavy atom. The van der Waals surface area contributed by atoms with Crippen LogP contribution in [0.25, 0.3) is 33.4 Å². The zero-order valence-corrected chi connectivity index (χ0v) is 23.4.